The number of anilines is 3. The molecule has 194 valence electrons. The molecule has 4 aliphatic rings. The minimum atomic E-state index is -0.137. The maximum atomic E-state index is 10.3. The summed E-state index contributed by atoms with van der Waals surface area (Å²) in [4.78, 5) is 15.1. The standard InChI is InChI=1S/C25H25BrN10OS/c26-17-7-30-34-18(17)10-37-24-32-22(35-8-13-1-2-14(9-35)31-13)16(6-28)23(33-24)36-11-25(12-36)4-3-19-20(25)15(5-27)21(29)38-19/h7,13-14,31H,1-4,8-12,29H2,(H,30,34)/t13-,14+. The van der Waals surface area contributed by atoms with Gasteiger partial charge in [-0.05, 0) is 47.2 Å². The van der Waals surface area contributed by atoms with Crippen LogP contribution in [0.1, 0.15) is 46.5 Å². The number of aromatic amines is 1. The Morgan fingerprint density at radius 1 is 1.13 bits per heavy atom. The number of rotatable bonds is 5. The largest absolute Gasteiger partial charge is 0.457 e. The lowest BCUT2D eigenvalue weighted by Crippen LogP contribution is -2.59. The monoisotopic (exact) mass is 592 g/mol. The molecule has 2 bridgehead atoms. The molecule has 0 unspecified atom stereocenters. The van der Waals surface area contributed by atoms with E-state index in [0.717, 1.165) is 54.5 Å². The number of nitrogens with zero attached hydrogens (tertiary/aromatic N) is 7. The first-order valence-electron chi connectivity index (χ1n) is 12.7. The normalized spacial score (nSPS) is 22.7. The molecule has 3 fully saturated rings. The van der Waals surface area contributed by atoms with E-state index in [-0.39, 0.29) is 18.0 Å². The van der Waals surface area contributed by atoms with Crippen molar-refractivity contribution in [3.63, 3.8) is 0 Å². The molecule has 3 saturated heterocycles. The van der Waals surface area contributed by atoms with Gasteiger partial charge >= 0.3 is 6.01 Å². The molecule has 13 heteroatoms. The van der Waals surface area contributed by atoms with Gasteiger partial charge in [0, 0.05) is 48.6 Å². The summed E-state index contributed by atoms with van der Waals surface area (Å²) in [5.74, 6) is 1.21. The fourth-order valence-corrected chi connectivity index (χ4v) is 7.97. The van der Waals surface area contributed by atoms with E-state index in [9.17, 15) is 10.5 Å². The summed E-state index contributed by atoms with van der Waals surface area (Å²) < 4.78 is 6.86. The number of nitrogens with one attached hydrogen (secondary N) is 2. The van der Waals surface area contributed by atoms with Gasteiger partial charge in [-0.2, -0.15) is 25.6 Å². The van der Waals surface area contributed by atoms with Crippen LogP contribution < -0.4 is 25.6 Å². The lowest BCUT2D eigenvalue weighted by molar-refractivity contribution is 0.273. The summed E-state index contributed by atoms with van der Waals surface area (Å²) in [6, 6.07) is 5.75. The molecule has 38 heavy (non-hydrogen) atoms. The highest BCUT2D eigenvalue weighted by atomic mass is 79.9. The molecule has 2 atom stereocenters. The van der Waals surface area contributed by atoms with Gasteiger partial charge in [-0.1, -0.05) is 0 Å². The number of hydrogen-bond acceptors (Lipinski definition) is 11. The molecule has 0 radical (unpaired) electrons. The second-order valence-electron chi connectivity index (χ2n) is 10.6. The van der Waals surface area contributed by atoms with Crippen molar-refractivity contribution in [1.29, 1.82) is 10.5 Å². The maximum absolute atomic E-state index is 10.3. The number of ether oxygens (including phenoxy) is 1. The number of piperazine rings is 1. The highest BCUT2D eigenvalue weighted by Gasteiger charge is 2.52. The van der Waals surface area contributed by atoms with E-state index in [1.54, 1.807) is 6.20 Å². The van der Waals surface area contributed by atoms with Crippen LogP contribution in [0.5, 0.6) is 6.01 Å². The van der Waals surface area contributed by atoms with Gasteiger partial charge in [0.2, 0.25) is 0 Å². The molecule has 0 amide bonds. The fraction of sp³-hybridized carbons (Fsp3) is 0.480. The van der Waals surface area contributed by atoms with Crippen molar-refractivity contribution < 1.29 is 4.74 Å². The Morgan fingerprint density at radius 3 is 2.50 bits per heavy atom. The summed E-state index contributed by atoms with van der Waals surface area (Å²) in [6.07, 6.45) is 5.82. The predicted molar refractivity (Wildman–Crippen MR) is 145 cm³/mol. The number of H-pyrrole nitrogens is 1. The van der Waals surface area contributed by atoms with Crippen molar-refractivity contribution in [3.8, 4) is 18.1 Å². The second-order valence-corrected chi connectivity index (χ2v) is 12.5. The Hall–Kier alpha value is -3.39. The van der Waals surface area contributed by atoms with Gasteiger partial charge in [0.05, 0.1) is 21.9 Å². The van der Waals surface area contributed by atoms with Crippen molar-refractivity contribution in [2.75, 3.05) is 41.7 Å². The third-order valence-corrected chi connectivity index (χ3v) is 10.0. The van der Waals surface area contributed by atoms with Gasteiger partial charge in [0.15, 0.2) is 11.6 Å². The maximum Gasteiger partial charge on any atom is 0.320 e. The Labute approximate surface area is 231 Å². The lowest BCUT2D eigenvalue weighted by atomic mass is 9.74. The third kappa shape index (κ3) is 3.64. The van der Waals surface area contributed by atoms with Crippen molar-refractivity contribution in [3.05, 3.63) is 37.9 Å². The number of halogens is 1. The first-order valence-corrected chi connectivity index (χ1v) is 14.3. The number of aromatic nitrogens is 4. The van der Waals surface area contributed by atoms with E-state index in [0.29, 0.717) is 52.9 Å². The van der Waals surface area contributed by atoms with E-state index >= 15 is 0 Å². The first kappa shape index (κ1) is 23.7. The highest BCUT2D eigenvalue weighted by molar-refractivity contribution is 9.10. The van der Waals surface area contributed by atoms with E-state index in [1.807, 2.05) is 0 Å². The van der Waals surface area contributed by atoms with E-state index in [2.05, 4.69) is 53.4 Å². The van der Waals surface area contributed by atoms with Gasteiger partial charge in [-0.3, -0.25) is 5.10 Å². The number of nitriles is 2. The number of nitrogens with two attached hydrogens (primary N) is 1. The predicted octanol–water partition coefficient (Wildman–Crippen LogP) is 2.57. The molecule has 0 saturated carbocycles. The molecule has 11 nitrogen and oxygen atoms in total. The molecular weight excluding hydrogens is 568 g/mol. The number of nitrogen functional groups attached to an aromatic ring is 1. The van der Waals surface area contributed by atoms with Crippen LogP contribution in [-0.2, 0) is 18.4 Å². The minimum absolute atomic E-state index is 0.137. The summed E-state index contributed by atoms with van der Waals surface area (Å²) >= 11 is 5.00. The summed E-state index contributed by atoms with van der Waals surface area (Å²) in [5, 5.41) is 31.3. The SMILES string of the molecule is N#Cc1c(N2C[C@H]3CC[C@@H](C2)N3)nc(OCc2[nH]ncc2Br)nc1N1CC2(CCc3sc(N)c(C#N)c32)C1. The van der Waals surface area contributed by atoms with Crippen LogP contribution in [0.2, 0.25) is 0 Å². The molecule has 0 aromatic carbocycles. The Kier molecular flexibility index (Phi) is 5.51. The molecule has 6 heterocycles. The van der Waals surface area contributed by atoms with Crippen LogP contribution in [0, 0.1) is 22.7 Å². The van der Waals surface area contributed by atoms with Gasteiger partial charge in [-0.15, -0.1) is 11.3 Å². The van der Waals surface area contributed by atoms with Crippen molar-refractivity contribution in [2.45, 2.75) is 49.8 Å². The van der Waals surface area contributed by atoms with Crippen LogP contribution in [0.4, 0.5) is 16.6 Å². The van der Waals surface area contributed by atoms with Gasteiger partial charge in [-0.25, -0.2) is 0 Å². The average molecular weight is 594 g/mol. The average Bonchev–Trinajstić information content (AvgIpc) is 3.64. The number of thiophene rings is 1. The number of aryl methyl sites for hydroxylation is 1. The van der Waals surface area contributed by atoms with Crippen LogP contribution in [0.25, 0.3) is 0 Å². The van der Waals surface area contributed by atoms with Gasteiger partial charge in [0.25, 0.3) is 0 Å². The zero-order chi connectivity index (χ0) is 26.0. The number of fused-ring (bicyclic) bond motifs is 4. The molecule has 7 rings (SSSR count). The first-order chi connectivity index (χ1) is 18.5. The van der Waals surface area contributed by atoms with E-state index in [1.165, 1.54) is 16.2 Å². The molecule has 3 aromatic heterocycles. The quantitative estimate of drug-likeness (QED) is 0.402. The summed E-state index contributed by atoms with van der Waals surface area (Å²) in [7, 11) is 0. The topological polar surface area (TPSA) is 156 Å². The van der Waals surface area contributed by atoms with Crippen molar-refractivity contribution in [2.24, 2.45) is 0 Å². The molecule has 4 N–H and O–H groups in total. The molecule has 1 spiro atoms. The summed E-state index contributed by atoms with van der Waals surface area (Å²) in [6.45, 7) is 3.15. The highest BCUT2D eigenvalue weighted by Crippen LogP contribution is 2.53. The fourth-order valence-electron chi connectivity index (χ4n) is 6.52. The number of hydrogen-bond donors (Lipinski definition) is 3. The smallest absolute Gasteiger partial charge is 0.320 e. The van der Waals surface area contributed by atoms with Crippen LogP contribution in [0.3, 0.4) is 0 Å². The van der Waals surface area contributed by atoms with Crippen LogP contribution >= 0.6 is 27.3 Å². The minimum Gasteiger partial charge on any atom is -0.457 e. The molecule has 3 aliphatic heterocycles. The Balaban J connectivity index is 1.24. The molecule has 3 aromatic rings. The van der Waals surface area contributed by atoms with Crippen LogP contribution in [0.15, 0.2) is 10.7 Å². The second kappa shape index (κ2) is 8.83. The molecule has 1 aliphatic carbocycles. The summed E-state index contributed by atoms with van der Waals surface area (Å²) in [5.41, 5.74) is 9.01. The zero-order valence-electron chi connectivity index (χ0n) is 20.5. The van der Waals surface area contributed by atoms with Crippen molar-refractivity contribution >= 4 is 43.9 Å². The zero-order valence-corrected chi connectivity index (χ0v) is 22.9. The third-order valence-electron chi connectivity index (χ3n) is 8.26. The van der Waals surface area contributed by atoms with Crippen molar-refractivity contribution in [1.82, 2.24) is 25.5 Å². The van der Waals surface area contributed by atoms with E-state index < -0.39 is 0 Å². The molecular formula is C25H25BrN10OS. The lowest BCUT2D eigenvalue weighted by Gasteiger charge is -2.49. The van der Waals surface area contributed by atoms with Gasteiger partial charge in [0.1, 0.15) is 29.3 Å². The van der Waals surface area contributed by atoms with Crippen LogP contribution in [-0.4, -0.2) is 58.4 Å². The Morgan fingerprint density at radius 2 is 1.84 bits per heavy atom. The van der Waals surface area contributed by atoms with Gasteiger partial charge < -0.3 is 25.6 Å². The Bertz CT molecular complexity index is 1500. The van der Waals surface area contributed by atoms with E-state index in [4.69, 9.17) is 20.4 Å².